The van der Waals surface area contributed by atoms with Crippen molar-refractivity contribution in [2.75, 3.05) is 13.1 Å². The van der Waals surface area contributed by atoms with Crippen LogP contribution >= 0.6 is 24.0 Å². The second kappa shape index (κ2) is 7.25. The molecule has 1 heterocycles. The number of nitrogens with zero attached hydrogens (tertiary/aromatic N) is 1. The molecule has 0 saturated carbocycles. The zero-order chi connectivity index (χ0) is 14.0. The number of carbonyl (C=O) groups is 1. The van der Waals surface area contributed by atoms with E-state index in [1.807, 2.05) is 6.92 Å². The van der Waals surface area contributed by atoms with Crippen molar-refractivity contribution in [1.82, 2.24) is 4.90 Å². The molecule has 1 saturated heterocycles. The Labute approximate surface area is 129 Å². The maximum absolute atomic E-state index is 13.1. The van der Waals surface area contributed by atoms with E-state index in [1.54, 1.807) is 4.90 Å². The summed E-state index contributed by atoms with van der Waals surface area (Å²) in [6.07, 6.45) is 1.83. The second-order valence-electron chi connectivity index (χ2n) is 5.12. The fourth-order valence-corrected chi connectivity index (χ4v) is 2.62. The van der Waals surface area contributed by atoms with Crippen molar-refractivity contribution in [3.63, 3.8) is 0 Å². The fourth-order valence-electron chi connectivity index (χ4n) is 2.44. The summed E-state index contributed by atoms with van der Waals surface area (Å²) in [6, 6.07) is 4.25. The first-order valence-electron chi connectivity index (χ1n) is 6.49. The summed E-state index contributed by atoms with van der Waals surface area (Å²) in [5.74, 6) is -0.125. The van der Waals surface area contributed by atoms with Crippen molar-refractivity contribution in [3.8, 4) is 0 Å². The van der Waals surface area contributed by atoms with E-state index in [0.717, 1.165) is 12.8 Å². The van der Waals surface area contributed by atoms with Crippen LogP contribution in [0.2, 0.25) is 5.02 Å². The summed E-state index contributed by atoms with van der Waals surface area (Å²) in [6.45, 7) is 3.39. The average molecular weight is 321 g/mol. The van der Waals surface area contributed by atoms with Crippen LogP contribution in [0.25, 0.3) is 0 Å². The number of hydrogen-bond acceptors (Lipinski definition) is 2. The van der Waals surface area contributed by atoms with Gasteiger partial charge in [0.15, 0.2) is 0 Å². The molecule has 0 aliphatic carbocycles. The van der Waals surface area contributed by atoms with Crippen molar-refractivity contribution < 1.29 is 9.18 Å². The average Bonchev–Trinajstić information content (AvgIpc) is 2.41. The minimum absolute atomic E-state index is 0. The van der Waals surface area contributed by atoms with E-state index in [9.17, 15) is 9.18 Å². The molecule has 1 aliphatic rings. The van der Waals surface area contributed by atoms with E-state index >= 15 is 0 Å². The van der Waals surface area contributed by atoms with E-state index in [2.05, 4.69) is 0 Å². The molecule has 1 atom stereocenters. The summed E-state index contributed by atoms with van der Waals surface area (Å²) in [5.41, 5.74) is 6.31. The van der Waals surface area contributed by atoms with Crippen molar-refractivity contribution in [2.45, 2.75) is 25.8 Å². The smallest absolute Gasteiger partial charge is 0.253 e. The number of benzene rings is 1. The quantitative estimate of drug-likeness (QED) is 0.910. The molecule has 0 radical (unpaired) electrons. The van der Waals surface area contributed by atoms with Crippen LogP contribution in [-0.2, 0) is 0 Å². The van der Waals surface area contributed by atoms with Gasteiger partial charge in [-0.1, -0.05) is 11.6 Å². The number of rotatable bonds is 2. The van der Waals surface area contributed by atoms with Gasteiger partial charge in [-0.2, -0.15) is 0 Å². The molecule has 1 amide bonds. The molecule has 1 fully saturated rings. The molecule has 20 heavy (non-hydrogen) atoms. The van der Waals surface area contributed by atoms with Crippen LogP contribution < -0.4 is 5.73 Å². The molecule has 6 heteroatoms. The van der Waals surface area contributed by atoms with E-state index in [4.69, 9.17) is 17.3 Å². The van der Waals surface area contributed by atoms with Crippen LogP contribution in [0.3, 0.4) is 0 Å². The van der Waals surface area contributed by atoms with Gasteiger partial charge >= 0.3 is 0 Å². The minimum Gasteiger partial charge on any atom is -0.339 e. The largest absolute Gasteiger partial charge is 0.339 e. The molecule has 2 rings (SSSR count). The number of halogens is 3. The first-order chi connectivity index (χ1) is 8.99. The highest BCUT2D eigenvalue weighted by molar-refractivity contribution is 6.31. The molecule has 1 aromatic carbocycles. The van der Waals surface area contributed by atoms with E-state index < -0.39 is 5.82 Å². The number of piperidine rings is 1. The van der Waals surface area contributed by atoms with E-state index in [-0.39, 0.29) is 29.4 Å². The Balaban J connectivity index is 0.00000200. The van der Waals surface area contributed by atoms with Gasteiger partial charge in [-0.05, 0) is 43.9 Å². The molecule has 0 aromatic heterocycles. The topological polar surface area (TPSA) is 46.3 Å². The van der Waals surface area contributed by atoms with Gasteiger partial charge in [0, 0.05) is 24.7 Å². The number of nitrogens with two attached hydrogens (primary N) is 1. The predicted octanol–water partition coefficient (Wildman–Crippen LogP) is 3.10. The minimum atomic E-state index is -0.506. The molecule has 1 aliphatic heterocycles. The van der Waals surface area contributed by atoms with Gasteiger partial charge in [0.1, 0.15) is 5.82 Å². The van der Waals surface area contributed by atoms with E-state index in [0.29, 0.717) is 24.6 Å². The molecule has 0 bridgehead atoms. The highest BCUT2D eigenvalue weighted by Crippen LogP contribution is 2.22. The Bertz CT molecular complexity index is 474. The Hall–Kier alpha value is -0.840. The van der Waals surface area contributed by atoms with Crippen LogP contribution in [0.15, 0.2) is 18.2 Å². The predicted molar refractivity (Wildman–Crippen MR) is 80.9 cm³/mol. The van der Waals surface area contributed by atoms with Crippen LogP contribution in [0.4, 0.5) is 4.39 Å². The number of hydrogen-bond donors (Lipinski definition) is 1. The molecular formula is C14H19Cl2FN2O. The van der Waals surface area contributed by atoms with Gasteiger partial charge in [0.2, 0.25) is 0 Å². The fraction of sp³-hybridized carbons (Fsp3) is 0.500. The monoisotopic (exact) mass is 320 g/mol. The Kier molecular flexibility index (Phi) is 6.24. The zero-order valence-corrected chi connectivity index (χ0v) is 12.9. The zero-order valence-electron chi connectivity index (χ0n) is 11.3. The van der Waals surface area contributed by atoms with Gasteiger partial charge < -0.3 is 10.6 Å². The Morgan fingerprint density at radius 2 is 2.05 bits per heavy atom. The number of carbonyl (C=O) groups excluding carboxylic acids is 1. The molecular weight excluding hydrogens is 302 g/mol. The third-order valence-corrected chi connectivity index (χ3v) is 4.03. The van der Waals surface area contributed by atoms with Crippen LogP contribution in [0.5, 0.6) is 0 Å². The highest BCUT2D eigenvalue weighted by atomic mass is 35.5. The maximum Gasteiger partial charge on any atom is 0.253 e. The standard InChI is InChI=1S/C14H18ClFN2O.ClH/c1-9(17)10-4-6-18(7-5-10)14(19)11-2-3-13(16)12(15)8-11;/h2-3,8-10H,4-7,17H2,1H3;1H. The lowest BCUT2D eigenvalue weighted by Crippen LogP contribution is -2.42. The van der Waals surface area contributed by atoms with Gasteiger partial charge in [-0.25, -0.2) is 4.39 Å². The summed E-state index contributed by atoms with van der Waals surface area (Å²) in [4.78, 5) is 14.0. The molecule has 1 aromatic rings. The first kappa shape index (κ1) is 17.2. The van der Waals surface area contributed by atoms with Crippen LogP contribution in [0.1, 0.15) is 30.1 Å². The van der Waals surface area contributed by atoms with Crippen molar-refractivity contribution in [3.05, 3.63) is 34.6 Å². The third kappa shape index (κ3) is 3.84. The molecule has 3 nitrogen and oxygen atoms in total. The summed E-state index contributed by atoms with van der Waals surface area (Å²) >= 11 is 5.70. The van der Waals surface area contributed by atoms with Gasteiger partial charge in [-0.15, -0.1) is 12.4 Å². The van der Waals surface area contributed by atoms with Crippen molar-refractivity contribution in [1.29, 1.82) is 0 Å². The van der Waals surface area contributed by atoms with E-state index in [1.165, 1.54) is 18.2 Å². The number of likely N-dealkylation sites (tertiary alicyclic amines) is 1. The first-order valence-corrected chi connectivity index (χ1v) is 6.86. The Morgan fingerprint density at radius 1 is 1.45 bits per heavy atom. The molecule has 2 N–H and O–H groups in total. The molecule has 0 spiro atoms. The number of amides is 1. The summed E-state index contributed by atoms with van der Waals surface area (Å²) in [5, 5.41) is -0.0173. The van der Waals surface area contributed by atoms with Crippen molar-refractivity contribution >= 4 is 29.9 Å². The van der Waals surface area contributed by atoms with Crippen LogP contribution in [0, 0.1) is 11.7 Å². The third-order valence-electron chi connectivity index (χ3n) is 3.74. The normalized spacial score (nSPS) is 17.5. The van der Waals surface area contributed by atoms with Gasteiger partial charge in [-0.3, -0.25) is 4.79 Å². The SMILES string of the molecule is CC(N)C1CCN(C(=O)c2ccc(F)c(Cl)c2)CC1.Cl. The van der Waals surface area contributed by atoms with Crippen LogP contribution in [-0.4, -0.2) is 29.9 Å². The second-order valence-corrected chi connectivity index (χ2v) is 5.52. The van der Waals surface area contributed by atoms with Gasteiger partial charge in [0.25, 0.3) is 5.91 Å². The lowest BCUT2D eigenvalue weighted by atomic mass is 9.90. The van der Waals surface area contributed by atoms with Gasteiger partial charge in [0.05, 0.1) is 5.02 Å². The summed E-state index contributed by atoms with van der Waals surface area (Å²) < 4.78 is 13.1. The molecule has 1 unspecified atom stereocenters. The lowest BCUT2D eigenvalue weighted by Gasteiger charge is -2.33. The Morgan fingerprint density at radius 3 is 2.55 bits per heavy atom. The highest BCUT2D eigenvalue weighted by Gasteiger charge is 2.25. The molecule has 112 valence electrons. The lowest BCUT2D eigenvalue weighted by molar-refractivity contribution is 0.0681. The van der Waals surface area contributed by atoms with Crippen molar-refractivity contribution in [2.24, 2.45) is 11.7 Å². The summed E-state index contributed by atoms with van der Waals surface area (Å²) in [7, 11) is 0. The maximum atomic E-state index is 13.1.